The Morgan fingerprint density at radius 2 is 2.15 bits per heavy atom. The molecule has 0 spiro atoms. The van der Waals surface area contributed by atoms with Crippen LogP contribution < -0.4 is 15.4 Å². The summed E-state index contributed by atoms with van der Waals surface area (Å²) in [6, 6.07) is 4.79. The van der Waals surface area contributed by atoms with Gasteiger partial charge in [-0.15, -0.1) is 11.3 Å². The molecule has 1 atom stereocenters. The predicted molar refractivity (Wildman–Crippen MR) is 98.7 cm³/mol. The summed E-state index contributed by atoms with van der Waals surface area (Å²) in [5, 5.41) is 4.85. The first-order chi connectivity index (χ1) is 12.2. The van der Waals surface area contributed by atoms with E-state index < -0.39 is 15.9 Å². The average molecular weight is 394 g/mol. The third kappa shape index (κ3) is 3.56. The van der Waals surface area contributed by atoms with E-state index in [2.05, 4.69) is 10.3 Å². The molecule has 3 N–H and O–H groups in total. The van der Waals surface area contributed by atoms with Gasteiger partial charge in [0, 0.05) is 17.0 Å². The van der Waals surface area contributed by atoms with Gasteiger partial charge in [-0.25, -0.2) is 13.4 Å². The first-order valence-corrected chi connectivity index (χ1v) is 10.5. The smallest absolute Gasteiger partial charge is 0.268 e. The van der Waals surface area contributed by atoms with Crippen LogP contribution in [0.3, 0.4) is 0 Å². The highest BCUT2D eigenvalue weighted by atomic mass is 32.2. The highest BCUT2D eigenvalue weighted by Crippen LogP contribution is 2.34. The van der Waals surface area contributed by atoms with Crippen LogP contribution in [0.5, 0.6) is 0 Å². The van der Waals surface area contributed by atoms with Gasteiger partial charge in [0.2, 0.25) is 10.0 Å². The van der Waals surface area contributed by atoms with Crippen LogP contribution in [-0.2, 0) is 23.0 Å². The molecule has 0 bridgehead atoms. The number of hydrogen-bond donors (Lipinski definition) is 2. The second kappa shape index (κ2) is 6.69. The van der Waals surface area contributed by atoms with Crippen molar-refractivity contribution in [3.8, 4) is 0 Å². The van der Waals surface area contributed by atoms with Gasteiger partial charge in [-0.3, -0.25) is 13.9 Å². The van der Waals surface area contributed by atoms with Crippen LogP contribution in [0.1, 0.15) is 38.3 Å². The van der Waals surface area contributed by atoms with Crippen LogP contribution in [0, 0.1) is 0 Å². The molecule has 2 amide bonds. The average Bonchev–Trinajstić information content (AvgIpc) is 3.14. The van der Waals surface area contributed by atoms with E-state index in [0.717, 1.165) is 5.56 Å². The van der Waals surface area contributed by atoms with Crippen molar-refractivity contribution in [2.24, 2.45) is 5.73 Å². The Labute approximate surface area is 155 Å². The van der Waals surface area contributed by atoms with Crippen LogP contribution in [0.15, 0.2) is 23.6 Å². The number of nitrogens with one attached hydrogen (secondary N) is 1. The summed E-state index contributed by atoms with van der Waals surface area (Å²) in [7, 11) is -3.36. The Hall–Kier alpha value is -2.46. The summed E-state index contributed by atoms with van der Waals surface area (Å²) in [6.07, 6.45) is 1.73. The second-order valence-corrected chi connectivity index (χ2v) is 8.93. The zero-order valence-electron chi connectivity index (χ0n) is 14.2. The maximum Gasteiger partial charge on any atom is 0.268 e. The second-order valence-electron chi connectivity index (χ2n) is 6.13. The fourth-order valence-electron chi connectivity index (χ4n) is 3.01. The van der Waals surface area contributed by atoms with E-state index in [4.69, 9.17) is 5.73 Å². The maximum absolute atomic E-state index is 12.4. The molecule has 2 heterocycles. The lowest BCUT2D eigenvalue weighted by atomic mass is 10.1. The van der Waals surface area contributed by atoms with Crippen LogP contribution >= 0.6 is 11.3 Å². The van der Waals surface area contributed by atoms with Crippen molar-refractivity contribution in [3.05, 3.63) is 45.4 Å². The molecule has 1 aromatic heterocycles. The van der Waals surface area contributed by atoms with Gasteiger partial charge in [0.1, 0.15) is 10.7 Å². The number of carbonyl (C=O) groups is 2. The highest BCUT2D eigenvalue weighted by Gasteiger charge is 2.32. The molecule has 8 nitrogen and oxygen atoms in total. The largest absolute Gasteiger partial charge is 0.364 e. The minimum atomic E-state index is -3.36. The Morgan fingerprint density at radius 1 is 1.42 bits per heavy atom. The number of thiazole rings is 1. The molecule has 1 unspecified atom stereocenters. The minimum absolute atomic E-state index is 0.173. The van der Waals surface area contributed by atoms with Gasteiger partial charge >= 0.3 is 0 Å². The summed E-state index contributed by atoms with van der Waals surface area (Å²) in [6.45, 7) is 2.01. The molecule has 1 aliphatic rings. The fourth-order valence-corrected chi connectivity index (χ4v) is 5.00. The quantitative estimate of drug-likeness (QED) is 0.779. The number of hydrogen-bond acceptors (Lipinski definition) is 6. The zero-order chi connectivity index (χ0) is 19.1. The fraction of sp³-hybridized carbons (Fsp3) is 0.312. The molecule has 10 heteroatoms. The van der Waals surface area contributed by atoms with E-state index in [9.17, 15) is 18.0 Å². The molecule has 138 valence electrons. The number of nitrogens with two attached hydrogens (primary N) is 1. The van der Waals surface area contributed by atoms with E-state index in [-0.39, 0.29) is 24.2 Å². The van der Waals surface area contributed by atoms with Crippen molar-refractivity contribution in [3.63, 3.8) is 0 Å². The first kappa shape index (κ1) is 18.3. The number of sulfonamides is 1. The van der Waals surface area contributed by atoms with Crippen molar-refractivity contribution in [1.29, 1.82) is 0 Å². The monoisotopic (exact) mass is 394 g/mol. The van der Waals surface area contributed by atoms with Gasteiger partial charge in [0.15, 0.2) is 0 Å². The standard InChI is InChI=1S/C16H18N4O4S2/c1-9-5-11-6-10(3-4-13(11)20(9)26(2,23)24)16(22)18-7-14-19-12(8-25-14)15(17)21/h3-4,6,8-9H,5,7H2,1-2H3,(H2,17,21)(H,18,22). The number of rotatable bonds is 5. The first-order valence-electron chi connectivity index (χ1n) is 7.81. The Morgan fingerprint density at radius 3 is 2.77 bits per heavy atom. The number of fused-ring (bicyclic) bond motifs is 1. The number of benzene rings is 1. The number of carbonyl (C=O) groups excluding carboxylic acids is 2. The Kier molecular flexibility index (Phi) is 4.72. The van der Waals surface area contributed by atoms with E-state index in [1.807, 2.05) is 6.92 Å². The summed E-state index contributed by atoms with van der Waals surface area (Å²) in [5.41, 5.74) is 7.20. The lowest BCUT2D eigenvalue weighted by Gasteiger charge is -2.21. The Balaban J connectivity index is 1.73. The molecule has 3 rings (SSSR count). The van der Waals surface area contributed by atoms with Crippen LogP contribution in [0.4, 0.5) is 5.69 Å². The van der Waals surface area contributed by atoms with E-state index in [1.54, 1.807) is 23.6 Å². The van der Waals surface area contributed by atoms with Gasteiger partial charge in [0.05, 0.1) is 18.5 Å². The number of primary amides is 1. The normalized spacial score (nSPS) is 16.4. The molecular formula is C16H18N4O4S2. The number of aromatic nitrogens is 1. The molecule has 26 heavy (non-hydrogen) atoms. The molecule has 0 saturated carbocycles. The van der Waals surface area contributed by atoms with Crippen molar-refractivity contribution < 1.29 is 18.0 Å². The van der Waals surface area contributed by atoms with Gasteiger partial charge < -0.3 is 11.1 Å². The molecule has 1 aromatic carbocycles. The van der Waals surface area contributed by atoms with Crippen molar-refractivity contribution >= 4 is 38.9 Å². The number of nitrogens with zero attached hydrogens (tertiary/aromatic N) is 2. The zero-order valence-corrected chi connectivity index (χ0v) is 15.9. The molecule has 0 radical (unpaired) electrons. The Bertz CT molecular complexity index is 984. The molecule has 0 saturated heterocycles. The number of anilines is 1. The lowest BCUT2D eigenvalue weighted by molar-refractivity contribution is 0.0950. The van der Waals surface area contributed by atoms with Crippen molar-refractivity contribution in [2.75, 3.05) is 10.6 Å². The van der Waals surface area contributed by atoms with Crippen LogP contribution in [0.25, 0.3) is 0 Å². The van der Waals surface area contributed by atoms with Crippen LogP contribution in [-0.4, -0.2) is 37.5 Å². The topological polar surface area (TPSA) is 122 Å². The van der Waals surface area contributed by atoms with Crippen molar-refractivity contribution in [1.82, 2.24) is 10.3 Å². The molecule has 0 fully saturated rings. The predicted octanol–water partition coefficient (Wildman–Crippen LogP) is 0.883. The van der Waals surface area contributed by atoms with Crippen molar-refractivity contribution in [2.45, 2.75) is 25.9 Å². The third-order valence-corrected chi connectivity index (χ3v) is 6.18. The summed E-state index contributed by atoms with van der Waals surface area (Å²) >= 11 is 1.24. The van der Waals surface area contributed by atoms with Gasteiger partial charge in [-0.05, 0) is 37.1 Å². The summed E-state index contributed by atoms with van der Waals surface area (Å²) in [4.78, 5) is 27.4. The van der Waals surface area contributed by atoms with E-state index in [0.29, 0.717) is 22.7 Å². The van der Waals surface area contributed by atoms with E-state index in [1.165, 1.54) is 21.9 Å². The maximum atomic E-state index is 12.4. The SMILES string of the molecule is CC1Cc2cc(C(=O)NCc3nc(C(N)=O)cs3)ccc2N1S(C)(=O)=O. The molecular weight excluding hydrogens is 376 g/mol. The summed E-state index contributed by atoms with van der Waals surface area (Å²) in [5.74, 6) is -0.906. The lowest BCUT2D eigenvalue weighted by Crippen LogP contribution is -2.34. The molecule has 0 aliphatic carbocycles. The third-order valence-electron chi connectivity index (χ3n) is 4.06. The highest BCUT2D eigenvalue weighted by molar-refractivity contribution is 7.92. The van der Waals surface area contributed by atoms with Crippen LogP contribution in [0.2, 0.25) is 0 Å². The van der Waals surface area contributed by atoms with Gasteiger partial charge in [-0.2, -0.15) is 0 Å². The molecule has 1 aliphatic heterocycles. The molecule has 2 aromatic rings. The van der Waals surface area contributed by atoms with E-state index >= 15 is 0 Å². The summed E-state index contributed by atoms with van der Waals surface area (Å²) < 4.78 is 25.3. The van der Waals surface area contributed by atoms with Gasteiger partial charge in [-0.1, -0.05) is 0 Å². The number of amides is 2. The van der Waals surface area contributed by atoms with Gasteiger partial charge in [0.25, 0.3) is 11.8 Å². The minimum Gasteiger partial charge on any atom is -0.364 e.